The number of anilines is 1. The van der Waals surface area contributed by atoms with Gasteiger partial charge < -0.3 is 26.0 Å². The van der Waals surface area contributed by atoms with Crippen LogP contribution in [-0.4, -0.2) is 46.4 Å². The van der Waals surface area contributed by atoms with Gasteiger partial charge in [-0.3, -0.25) is 14.4 Å². The predicted molar refractivity (Wildman–Crippen MR) is 174 cm³/mol. The fourth-order valence-corrected chi connectivity index (χ4v) is 4.89. The summed E-state index contributed by atoms with van der Waals surface area (Å²) in [4.78, 5) is 55.1. The number of primary amides is 1. The van der Waals surface area contributed by atoms with Crippen molar-refractivity contribution in [3.63, 3.8) is 0 Å². The third-order valence-electron chi connectivity index (χ3n) is 7.21. The second kappa shape index (κ2) is 15.9. The molecule has 9 heteroatoms. The van der Waals surface area contributed by atoms with Gasteiger partial charge in [-0.15, -0.1) is 6.42 Å². The van der Waals surface area contributed by atoms with E-state index in [1.54, 1.807) is 45.0 Å². The number of rotatable bonds is 13. The van der Waals surface area contributed by atoms with E-state index in [4.69, 9.17) is 16.9 Å². The average Bonchev–Trinajstić information content (AvgIpc) is 2.93. The highest BCUT2D eigenvalue weighted by molar-refractivity contribution is 6.00. The molecule has 0 fully saturated rings. The molecule has 2 aromatic carbocycles. The topological polar surface area (TPSA) is 131 Å². The van der Waals surface area contributed by atoms with Crippen LogP contribution in [0.5, 0.6) is 0 Å². The summed E-state index contributed by atoms with van der Waals surface area (Å²) in [6.07, 6.45) is 5.94. The van der Waals surface area contributed by atoms with Gasteiger partial charge in [0.15, 0.2) is 0 Å². The van der Waals surface area contributed by atoms with Gasteiger partial charge >= 0.3 is 6.09 Å². The Morgan fingerprint density at radius 3 is 2.05 bits per heavy atom. The summed E-state index contributed by atoms with van der Waals surface area (Å²) < 4.78 is 5.43. The van der Waals surface area contributed by atoms with Gasteiger partial charge in [-0.25, -0.2) is 4.79 Å². The van der Waals surface area contributed by atoms with Gasteiger partial charge in [0.25, 0.3) is 5.91 Å². The molecular weight excluding hydrogens is 556 g/mol. The van der Waals surface area contributed by atoms with Gasteiger partial charge in [0.2, 0.25) is 11.8 Å². The molecule has 0 radical (unpaired) electrons. The van der Waals surface area contributed by atoms with E-state index in [-0.39, 0.29) is 12.8 Å². The van der Waals surface area contributed by atoms with Crippen LogP contribution in [0.3, 0.4) is 0 Å². The molecule has 238 valence electrons. The van der Waals surface area contributed by atoms with Crippen LogP contribution in [0.25, 0.3) is 0 Å². The normalized spacial score (nSPS) is 13.3. The summed E-state index contributed by atoms with van der Waals surface area (Å²) in [7, 11) is 0. The van der Waals surface area contributed by atoms with Crippen LogP contribution in [0.2, 0.25) is 0 Å². The zero-order valence-corrected chi connectivity index (χ0v) is 27.3. The number of nitrogens with one attached hydrogen (secondary N) is 2. The first-order valence-corrected chi connectivity index (χ1v) is 15.1. The molecule has 0 saturated carbocycles. The molecule has 44 heavy (non-hydrogen) atoms. The number of nitrogens with two attached hydrogens (primary N) is 1. The van der Waals surface area contributed by atoms with E-state index in [1.165, 1.54) is 4.90 Å². The number of amides is 4. The molecule has 0 heterocycles. The van der Waals surface area contributed by atoms with E-state index >= 15 is 0 Å². The molecule has 0 spiro atoms. The van der Waals surface area contributed by atoms with E-state index in [0.29, 0.717) is 29.2 Å². The van der Waals surface area contributed by atoms with Crippen LogP contribution in [0.1, 0.15) is 95.5 Å². The van der Waals surface area contributed by atoms with Gasteiger partial charge in [0.1, 0.15) is 17.7 Å². The Balaban J connectivity index is 2.70. The van der Waals surface area contributed by atoms with Crippen LogP contribution in [0.15, 0.2) is 42.5 Å². The molecule has 0 saturated heterocycles. The first-order chi connectivity index (χ1) is 20.5. The quantitative estimate of drug-likeness (QED) is 0.250. The second-order valence-corrected chi connectivity index (χ2v) is 12.7. The minimum Gasteiger partial charge on any atom is -0.444 e. The lowest BCUT2D eigenvalue weighted by Crippen LogP contribution is -2.55. The number of hydrogen-bond donors (Lipinski definition) is 3. The fraction of sp³-hybridized carbons (Fsp3) is 0.486. The van der Waals surface area contributed by atoms with Crippen molar-refractivity contribution < 1.29 is 23.9 Å². The highest BCUT2D eigenvalue weighted by Gasteiger charge is 2.39. The van der Waals surface area contributed by atoms with E-state index in [1.807, 2.05) is 39.0 Å². The molecule has 0 aliphatic carbocycles. The number of carbonyl (C=O) groups excluding carboxylic acids is 4. The molecule has 3 atom stereocenters. The summed E-state index contributed by atoms with van der Waals surface area (Å²) in [6, 6.07) is 9.92. The number of carbonyl (C=O) groups is 4. The zero-order valence-electron chi connectivity index (χ0n) is 27.3. The van der Waals surface area contributed by atoms with Crippen LogP contribution < -0.4 is 16.4 Å². The molecule has 0 aliphatic rings. The van der Waals surface area contributed by atoms with Crippen molar-refractivity contribution in [3.8, 4) is 12.3 Å². The molecule has 2 aromatic rings. The number of alkyl carbamates (subject to hydrolysis) is 1. The number of hydrogen-bond acceptors (Lipinski definition) is 5. The summed E-state index contributed by atoms with van der Waals surface area (Å²) >= 11 is 0. The summed E-state index contributed by atoms with van der Waals surface area (Å²) in [5.41, 5.74) is 8.19. The highest BCUT2D eigenvalue weighted by atomic mass is 16.6. The van der Waals surface area contributed by atoms with E-state index < -0.39 is 47.5 Å². The second-order valence-electron chi connectivity index (χ2n) is 12.7. The van der Waals surface area contributed by atoms with Gasteiger partial charge in [0, 0.05) is 23.7 Å². The molecule has 0 aliphatic heterocycles. The summed E-state index contributed by atoms with van der Waals surface area (Å²) in [6.45, 7) is 15.0. The van der Waals surface area contributed by atoms with Gasteiger partial charge in [-0.1, -0.05) is 50.1 Å². The number of aryl methyl sites for hydroxylation is 2. The SMILES string of the molecule is C#Cc1ccc(C(C(=O)Nc2c(C)cccc2C)N(C(=O)C(CCC(N)=O)NC(=O)OC(C)(C)C)C(C)CCC(C)C)cc1. The molecule has 2 rings (SSSR count). The highest BCUT2D eigenvalue weighted by Crippen LogP contribution is 2.30. The van der Waals surface area contributed by atoms with Gasteiger partial charge in [-0.05, 0) is 95.5 Å². The van der Waals surface area contributed by atoms with Crippen molar-refractivity contribution in [1.82, 2.24) is 10.2 Å². The molecule has 9 nitrogen and oxygen atoms in total. The Labute approximate surface area is 262 Å². The van der Waals surface area contributed by atoms with E-state index in [2.05, 4.69) is 30.4 Å². The van der Waals surface area contributed by atoms with Crippen molar-refractivity contribution in [2.75, 3.05) is 5.32 Å². The average molecular weight is 605 g/mol. The first kappa shape index (κ1) is 35.9. The fourth-order valence-electron chi connectivity index (χ4n) is 4.89. The number of nitrogens with zero attached hydrogens (tertiary/aromatic N) is 1. The lowest BCUT2D eigenvalue weighted by atomic mass is 9.95. The Morgan fingerprint density at radius 1 is 0.955 bits per heavy atom. The van der Waals surface area contributed by atoms with Crippen molar-refractivity contribution in [2.45, 2.75) is 105 Å². The van der Waals surface area contributed by atoms with Crippen molar-refractivity contribution in [3.05, 3.63) is 64.7 Å². The largest absolute Gasteiger partial charge is 0.444 e. The lowest BCUT2D eigenvalue weighted by molar-refractivity contribution is -0.143. The Morgan fingerprint density at radius 2 is 1.55 bits per heavy atom. The molecule has 0 bridgehead atoms. The third-order valence-corrected chi connectivity index (χ3v) is 7.21. The number of terminal acetylenes is 1. The maximum atomic E-state index is 14.6. The van der Waals surface area contributed by atoms with Crippen molar-refractivity contribution in [2.24, 2.45) is 11.7 Å². The van der Waals surface area contributed by atoms with E-state index in [0.717, 1.165) is 17.5 Å². The molecule has 4 N–H and O–H groups in total. The molecular formula is C35H48N4O5. The first-order valence-electron chi connectivity index (χ1n) is 15.1. The number of ether oxygens (including phenoxy) is 1. The zero-order chi connectivity index (χ0) is 33.2. The third kappa shape index (κ3) is 10.7. The van der Waals surface area contributed by atoms with Crippen molar-refractivity contribution in [1.29, 1.82) is 0 Å². The molecule has 0 aromatic heterocycles. The molecule has 4 amide bonds. The maximum Gasteiger partial charge on any atom is 0.408 e. The van der Waals surface area contributed by atoms with Crippen LogP contribution in [-0.2, 0) is 19.1 Å². The monoisotopic (exact) mass is 604 g/mol. The van der Waals surface area contributed by atoms with Crippen LogP contribution in [0, 0.1) is 32.1 Å². The Hall–Kier alpha value is -4.32. The maximum absolute atomic E-state index is 14.6. The number of benzene rings is 2. The van der Waals surface area contributed by atoms with Crippen LogP contribution >= 0.6 is 0 Å². The lowest BCUT2D eigenvalue weighted by Gasteiger charge is -2.39. The predicted octanol–water partition coefficient (Wildman–Crippen LogP) is 5.78. The Bertz CT molecular complexity index is 1330. The van der Waals surface area contributed by atoms with E-state index in [9.17, 15) is 19.2 Å². The molecule has 3 unspecified atom stereocenters. The standard InChI is InChI=1S/C35H48N4O5/c1-10-26-16-18-27(19-17-26)31(32(41)38-30-23(4)12-11-13-24(30)5)39(25(6)15-14-22(2)3)33(42)28(20-21-29(36)40)37-34(43)44-35(7,8)9/h1,11-13,16-19,22,25,28,31H,14-15,20-21H2,2-9H3,(H2,36,40)(H,37,43)(H,38,41). The van der Waals surface area contributed by atoms with Gasteiger partial charge in [0.05, 0.1) is 0 Å². The smallest absolute Gasteiger partial charge is 0.408 e. The summed E-state index contributed by atoms with van der Waals surface area (Å²) in [5.74, 6) is 1.35. The number of para-hydroxylation sites is 1. The minimum absolute atomic E-state index is 0.0674. The Kier molecular flexibility index (Phi) is 13.0. The van der Waals surface area contributed by atoms with Gasteiger partial charge in [-0.2, -0.15) is 0 Å². The summed E-state index contributed by atoms with van der Waals surface area (Å²) in [5, 5.41) is 5.70. The van der Waals surface area contributed by atoms with Crippen molar-refractivity contribution >= 4 is 29.5 Å². The van der Waals surface area contributed by atoms with Crippen LogP contribution in [0.4, 0.5) is 10.5 Å². The minimum atomic E-state index is -1.18.